The molecule has 0 aliphatic carbocycles. The number of nitrogens with zero attached hydrogens (tertiary/aromatic N) is 5. The van der Waals surface area contributed by atoms with Crippen LogP contribution in [0.1, 0.15) is 15.5 Å². The third-order valence-corrected chi connectivity index (χ3v) is 3.97. The number of aromatic nitrogens is 5. The molecule has 22 heavy (non-hydrogen) atoms. The molecule has 0 saturated carbocycles. The molecule has 0 radical (unpaired) electrons. The van der Waals surface area contributed by atoms with E-state index in [2.05, 4.69) is 20.5 Å². The average molecular weight is 319 g/mol. The molecule has 0 saturated heterocycles. The molecule has 3 rings (SSSR count). The fourth-order valence-electron chi connectivity index (χ4n) is 1.86. The third kappa shape index (κ3) is 2.46. The van der Waals surface area contributed by atoms with Crippen molar-refractivity contribution >= 4 is 17.1 Å². The summed E-state index contributed by atoms with van der Waals surface area (Å²) in [5.74, 6) is -0.536. The molecule has 2 heterocycles. The maximum atomic E-state index is 13.3. The minimum atomic E-state index is -0.399. The molecule has 1 aromatic carbocycles. The Morgan fingerprint density at radius 2 is 2.23 bits per heavy atom. The van der Waals surface area contributed by atoms with Gasteiger partial charge in [-0.3, -0.25) is 4.79 Å². The summed E-state index contributed by atoms with van der Waals surface area (Å²) in [6.45, 7) is 0. The summed E-state index contributed by atoms with van der Waals surface area (Å²) in [7, 11) is 2.98. The van der Waals surface area contributed by atoms with Crippen molar-refractivity contribution in [3.63, 3.8) is 0 Å². The Labute approximate surface area is 128 Å². The standard InChI is InChI=1S/C13H10FN5O2S/c1-19-11(16-17-18-19)9(20)10-12(21-2)15-13(22-10)7-4-3-5-8(14)6-7/h3-6H,1-2H3. The number of methoxy groups -OCH3 is 1. The number of carbonyl (C=O) groups is 1. The van der Waals surface area contributed by atoms with Gasteiger partial charge in [-0.2, -0.15) is 0 Å². The van der Waals surface area contributed by atoms with Crippen LogP contribution in [-0.2, 0) is 7.05 Å². The lowest BCUT2D eigenvalue weighted by Gasteiger charge is -1.98. The van der Waals surface area contributed by atoms with Crippen molar-refractivity contribution in [2.45, 2.75) is 0 Å². The van der Waals surface area contributed by atoms with E-state index in [1.54, 1.807) is 19.2 Å². The Hall–Kier alpha value is -2.68. The van der Waals surface area contributed by atoms with Crippen LogP contribution in [0.15, 0.2) is 24.3 Å². The second kappa shape index (κ2) is 5.60. The molecule has 0 spiro atoms. The van der Waals surface area contributed by atoms with Crippen molar-refractivity contribution in [3.8, 4) is 16.5 Å². The first-order valence-corrected chi connectivity index (χ1v) is 6.99. The molecule has 7 nitrogen and oxygen atoms in total. The van der Waals surface area contributed by atoms with E-state index in [4.69, 9.17) is 4.74 Å². The number of carbonyl (C=O) groups excluding carboxylic acids is 1. The first-order valence-electron chi connectivity index (χ1n) is 6.18. The third-order valence-electron chi connectivity index (χ3n) is 2.89. The van der Waals surface area contributed by atoms with Gasteiger partial charge in [0.1, 0.15) is 15.7 Å². The number of tetrazole rings is 1. The second-order valence-electron chi connectivity index (χ2n) is 4.32. The molecule has 112 valence electrons. The first kappa shape index (κ1) is 14.3. The van der Waals surface area contributed by atoms with Crippen molar-refractivity contribution in [3.05, 3.63) is 40.8 Å². The predicted octanol–water partition coefficient (Wildman–Crippen LogP) is 1.71. The molecular weight excluding hydrogens is 309 g/mol. The smallest absolute Gasteiger partial charge is 0.247 e. The maximum Gasteiger partial charge on any atom is 0.247 e. The highest BCUT2D eigenvalue weighted by molar-refractivity contribution is 7.17. The summed E-state index contributed by atoms with van der Waals surface area (Å²) >= 11 is 1.10. The molecule has 0 atom stereocenters. The van der Waals surface area contributed by atoms with Crippen LogP contribution in [-0.4, -0.2) is 38.1 Å². The van der Waals surface area contributed by atoms with Gasteiger partial charge in [0.2, 0.25) is 17.5 Å². The van der Waals surface area contributed by atoms with Crippen molar-refractivity contribution in [2.75, 3.05) is 7.11 Å². The molecule has 0 unspecified atom stereocenters. The quantitative estimate of drug-likeness (QED) is 0.681. The average Bonchev–Trinajstić information content (AvgIpc) is 3.12. The fraction of sp³-hybridized carbons (Fsp3) is 0.154. The van der Waals surface area contributed by atoms with Crippen LogP contribution < -0.4 is 4.74 Å². The van der Waals surface area contributed by atoms with E-state index in [1.807, 2.05) is 0 Å². The topological polar surface area (TPSA) is 82.8 Å². The fourth-order valence-corrected chi connectivity index (χ4v) is 2.82. The van der Waals surface area contributed by atoms with E-state index >= 15 is 0 Å². The van der Waals surface area contributed by atoms with E-state index in [0.29, 0.717) is 10.6 Å². The van der Waals surface area contributed by atoms with E-state index in [1.165, 1.54) is 23.9 Å². The lowest BCUT2D eigenvalue weighted by Crippen LogP contribution is -2.09. The van der Waals surface area contributed by atoms with Crippen molar-refractivity contribution in [1.82, 2.24) is 25.2 Å². The number of ether oxygens (including phenoxy) is 1. The first-order chi connectivity index (χ1) is 10.6. The monoisotopic (exact) mass is 319 g/mol. The molecule has 3 aromatic rings. The summed E-state index contributed by atoms with van der Waals surface area (Å²) < 4.78 is 19.7. The summed E-state index contributed by atoms with van der Waals surface area (Å²) in [5, 5.41) is 11.2. The largest absolute Gasteiger partial charge is 0.480 e. The van der Waals surface area contributed by atoms with Crippen molar-refractivity contribution in [1.29, 1.82) is 0 Å². The van der Waals surface area contributed by atoms with Gasteiger partial charge in [-0.15, -0.1) is 16.4 Å². The zero-order valence-corrected chi connectivity index (χ0v) is 12.5. The number of thiazole rings is 1. The van der Waals surface area contributed by atoms with Gasteiger partial charge in [-0.05, 0) is 22.6 Å². The molecule has 2 aromatic heterocycles. The summed E-state index contributed by atoms with van der Waals surface area (Å²) in [5.41, 5.74) is 0.568. The van der Waals surface area contributed by atoms with E-state index in [9.17, 15) is 9.18 Å². The molecule has 0 N–H and O–H groups in total. The van der Waals surface area contributed by atoms with Crippen molar-refractivity contribution < 1.29 is 13.9 Å². The Balaban J connectivity index is 2.06. The van der Waals surface area contributed by atoms with E-state index in [0.717, 1.165) is 11.3 Å². The van der Waals surface area contributed by atoms with Crippen LogP contribution in [0, 0.1) is 5.82 Å². The maximum absolute atomic E-state index is 13.3. The van der Waals surface area contributed by atoms with Gasteiger partial charge in [0.15, 0.2) is 0 Å². The molecule has 0 aliphatic rings. The van der Waals surface area contributed by atoms with Gasteiger partial charge >= 0.3 is 0 Å². The minimum absolute atomic E-state index is 0.0766. The lowest BCUT2D eigenvalue weighted by molar-refractivity contribution is 0.102. The van der Waals surface area contributed by atoms with E-state index in [-0.39, 0.29) is 22.4 Å². The lowest BCUT2D eigenvalue weighted by atomic mass is 10.2. The van der Waals surface area contributed by atoms with Crippen LogP contribution in [0.3, 0.4) is 0 Å². The number of aryl methyl sites for hydroxylation is 1. The highest BCUT2D eigenvalue weighted by Crippen LogP contribution is 2.33. The zero-order valence-electron chi connectivity index (χ0n) is 11.6. The number of benzene rings is 1. The van der Waals surface area contributed by atoms with Crippen LogP contribution in [0.4, 0.5) is 4.39 Å². The Kier molecular flexibility index (Phi) is 3.63. The van der Waals surface area contributed by atoms with Gasteiger partial charge in [0, 0.05) is 12.6 Å². The summed E-state index contributed by atoms with van der Waals surface area (Å²) in [6.07, 6.45) is 0. The van der Waals surface area contributed by atoms with Crippen LogP contribution in [0.2, 0.25) is 0 Å². The Bertz CT molecular complexity index is 845. The summed E-state index contributed by atoms with van der Waals surface area (Å²) in [6, 6.07) is 5.97. The van der Waals surface area contributed by atoms with Gasteiger partial charge in [-0.1, -0.05) is 12.1 Å². The zero-order chi connectivity index (χ0) is 15.7. The van der Waals surface area contributed by atoms with Gasteiger partial charge in [0.05, 0.1) is 7.11 Å². The minimum Gasteiger partial charge on any atom is -0.480 e. The van der Waals surface area contributed by atoms with Crippen LogP contribution in [0.5, 0.6) is 5.88 Å². The molecule has 9 heteroatoms. The van der Waals surface area contributed by atoms with Crippen molar-refractivity contribution in [2.24, 2.45) is 7.05 Å². The van der Waals surface area contributed by atoms with Gasteiger partial charge < -0.3 is 4.74 Å². The number of ketones is 1. The molecule has 0 bridgehead atoms. The number of rotatable bonds is 4. The number of hydrogen-bond acceptors (Lipinski definition) is 7. The Morgan fingerprint density at radius 3 is 2.86 bits per heavy atom. The second-order valence-corrected chi connectivity index (χ2v) is 5.32. The molecular formula is C13H10FN5O2S. The van der Waals surface area contributed by atoms with Crippen LogP contribution >= 0.6 is 11.3 Å². The number of halogens is 1. The molecule has 0 fully saturated rings. The summed E-state index contributed by atoms with van der Waals surface area (Å²) in [4.78, 5) is 17.0. The normalized spacial score (nSPS) is 10.7. The highest BCUT2D eigenvalue weighted by Gasteiger charge is 2.25. The highest BCUT2D eigenvalue weighted by atomic mass is 32.1. The predicted molar refractivity (Wildman–Crippen MR) is 76.3 cm³/mol. The molecule has 0 aliphatic heterocycles. The van der Waals surface area contributed by atoms with Gasteiger partial charge in [0.25, 0.3) is 0 Å². The van der Waals surface area contributed by atoms with Gasteiger partial charge in [-0.25, -0.2) is 14.1 Å². The SMILES string of the molecule is COc1nc(-c2cccc(F)c2)sc1C(=O)c1nnnn1C. The van der Waals surface area contributed by atoms with E-state index < -0.39 is 5.78 Å². The molecule has 0 amide bonds. The number of hydrogen-bond donors (Lipinski definition) is 0. The Morgan fingerprint density at radius 1 is 1.41 bits per heavy atom. The van der Waals surface area contributed by atoms with Crippen LogP contribution in [0.25, 0.3) is 10.6 Å².